The summed E-state index contributed by atoms with van der Waals surface area (Å²) < 4.78 is 38.2. The summed E-state index contributed by atoms with van der Waals surface area (Å²) in [6, 6.07) is 36.0. The summed E-state index contributed by atoms with van der Waals surface area (Å²) in [5, 5.41) is 37.6. The second-order valence-corrected chi connectivity index (χ2v) is 22.0. The van der Waals surface area contributed by atoms with Crippen molar-refractivity contribution in [3.8, 4) is 11.5 Å². The second kappa shape index (κ2) is 25.0. The van der Waals surface area contributed by atoms with E-state index in [9.17, 15) is 28.6 Å². The number of nitrogens with one attached hydrogen (secondary N) is 1. The van der Waals surface area contributed by atoms with E-state index in [0.717, 1.165) is 146 Å². The van der Waals surface area contributed by atoms with Gasteiger partial charge in [-0.3, -0.25) is 9.59 Å². The predicted octanol–water partition coefficient (Wildman–Crippen LogP) is 9.48. The number of halogens is 2. The number of hydrogen-bond acceptors (Lipinski definition) is 11. The Labute approximate surface area is 452 Å². The molecule has 2 aliphatic carbocycles. The van der Waals surface area contributed by atoms with Gasteiger partial charge in [0, 0.05) is 58.1 Å². The number of carbonyl (C=O) groups excluding carboxylic acids is 1. The van der Waals surface area contributed by atoms with Crippen molar-refractivity contribution in [3.05, 3.63) is 144 Å². The van der Waals surface area contributed by atoms with E-state index in [2.05, 4.69) is 31.0 Å². The number of amides is 1. The van der Waals surface area contributed by atoms with Crippen LogP contribution in [0.2, 0.25) is 0 Å². The average Bonchev–Trinajstić information content (AvgIpc) is 4.07. The lowest BCUT2D eigenvalue weighted by atomic mass is 10.00. The van der Waals surface area contributed by atoms with Gasteiger partial charge in [-0.2, -0.15) is 0 Å². The van der Waals surface area contributed by atoms with E-state index >= 15 is 0 Å². The number of aliphatic carboxylic acids is 1. The van der Waals surface area contributed by atoms with Crippen molar-refractivity contribution < 1.29 is 44.6 Å². The number of fused-ring (bicyclic) bond motifs is 2. The number of aliphatic hydroxyl groups excluding tert-OH is 2. The molecule has 4 saturated heterocycles. The molecule has 6 aliphatic rings. The van der Waals surface area contributed by atoms with Crippen molar-refractivity contribution in [2.45, 2.75) is 101 Å². The van der Waals surface area contributed by atoms with Gasteiger partial charge in [0.1, 0.15) is 29.2 Å². The van der Waals surface area contributed by atoms with Crippen molar-refractivity contribution >= 4 is 44.8 Å². The number of carbonyl (C=O) groups is 2. The summed E-state index contributed by atoms with van der Waals surface area (Å²) in [5.74, 6) is 0.0526. The number of nitrogens with two attached hydrogens (primary N) is 1. The molecule has 4 heterocycles. The van der Waals surface area contributed by atoms with Gasteiger partial charge in [-0.15, -0.1) is 0 Å². The maximum Gasteiger partial charge on any atom is 0.308 e. The lowest BCUT2D eigenvalue weighted by Gasteiger charge is -2.30. The average molecular weight is 1060 g/mol. The summed E-state index contributed by atoms with van der Waals surface area (Å²) in [6.07, 6.45) is 10.1. The Balaban J connectivity index is 0.000000156. The van der Waals surface area contributed by atoms with E-state index in [1.54, 1.807) is 18.2 Å². The third-order valence-corrected chi connectivity index (χ3v) is 15.9. The van der Waals surface area contributed by atoms with Crippen molar-refractivity contribution in [2.24, 2.45) is 17.6 Å². The van der Waals surface area contributed by atoms with Crippen LogP contribution in [0.3, 0.4) is 0 Å². The zero-order valence-electron chi connectivity index (χ0n) is 43.9. The molecule has 77 heavy (non-hydrogen) atoms. The SMILES string of the molecule is N[C@H](CN1CCCC1)[C@H](O)c1ccc(OC2CC2)cc1.O=C(N[C@H](CN1CCCC1)[C@H](O)c1ccc(OC2CC2)cc1)[C@@H]1CCN(c2ccc3cc(F)ccc3c2)C1.O=C(O)[C@@H]1CCN(c2ccc3cc(F)ccc3c2)C1.[HH]. The summed E-state index contributed by atoms with van der Waals surface area (Å²) >= 11 is 0. The van der Waals surface area contributed by atoms with E-state index in [-0.39, 0.29) is 42.9 Å². The topological polar surface area (TPSA) is 164 Å². The summed E-state index contributed by atoms with van der Waals surface area (Å²) in [5.41, 5.74) is 9.85. The number of likely N-dealkylation sites (tertiary alicyclic amines) is 2. The van der Waals surface area contributed by atoms with Gasteiger partial charge in [-0.05, 0) is 196 Å². The monoisotopic (exact) mass is 1050 g/mol. The van der Waals surface area contributed by atoms with Crippen molar-refractivity contribution in [1.29, 1.82) is 0 Å². The Morgan fingerprint density at radius 3 is 1.45 bits per heavy atom. The standard InChI is InChI=1S/C31H36FN3O3.C16H24N2O2.C15H14FNO2.H2/c32-25-7-3-23-18-26(8-4-22(23)17-25)35-16-13-24(19-35)31(37)33-29(20-34-14-1-2-15-34)30(36)21-5-9-27(10-6-21)38-28-11-12-28;17-15(11-18-9-1-2-10-18)16(19)12-3-5-13(6-4-12)20-14-7-8-14;16-13-3-1-11-8-14(4-2-10(11)7-13)17-6-5-12(9-17)15(18)19;/h3-10,17-18,24,28-30,36H,1-2,11-16,19-20H2,(H,33,37);3-6,14-16,19H,1-2,7-11,17H2;1-4,7-8,12H,5-6,9H2,(H,18,19);1H/t24-,29-,30-;15-,16-;12-;/m111./s1. The fourth-order valence-corrected chi connectivity index (χ4v) is 11.1. The lowest BCUT2D eigenvalue weighted by Crippen LogP contribution is -2.48. The smallest absolute Gasteiger partial charge is 0.308 e. The van der Waals surface area contributed by atoms with Crippen LogP contribution >= 0.6 is 0 Å². The number of nitrogens with zero attached hydrogens (tertiary/aromatic N) is 4. The Kier molecular flexibility index (Phi) is 17.5. The molecule has 0 radical (unpaired) electrons. The molecule has 6 atom stereocenters. The fraction of sp³-hybridized carbons (Fsp3) is 0.452. The molecule has 0 unspecified atom stereocenters. The highest BCUT2D eigenvalue weighted by atomic mass is 19.1. The minimum Gasteiger partial charge on any atom is -0.490 e. The van der Waals surface area contributed by atoms with Crippen LogP contribution in [0.15, 0.2) is 121 Å². The first-order valence-corrected chi connectivity index (χ1v) is 27.9. The highest BCUT2D eigenvalue weighted by molar-refractivity contribution is 5.87. The molecule has 410 valence electrons. The van der Waals surface area contributed by atoms with Gasteiger partial charge in [0.05, 0.1) is 36.2 Å². The van der Waals surface area contributed by atoms with Gasteiger partial charge in [0.2, 0.25) is 5.91 Å². The minimum atomic E-state index is -0.798. The maximum absolute atomic E-state index is 13.6. The molecule has 6 aromatic carbocycles. The van der Waals surface area contributed by atoms with Crippen LogP contribution in [0, 0.1) is 23.5 Å². The molecule has 0 bridgehead atoms. The van der Waals surface area contributed by atoms with Crippen LogP contribution < -0.4 is 30.3 Å². The van der Waals surface area contributed by atoms with Crippen LogP contribution in [0.5, 0.6) is 11.5 Å². The van der Waals surface area contributed by atoms with Crippen LogP contribution in [0.1, 0.15) is 89.0 Å². The van der Waals surface area contributed by atoms with Crippen LogP contribution in [-0.4, -0.2) is 127 Å². The molecule has 6 fully saturated rings. The van der Waals surface area contributed by atoms with Gasteiger partial charge >= 0.3 is 5.97 Å². The molecule has 2 saturated carbocycles. The largest absolute Gasteiger partial charge is 0.490 e. The molecule has 0 aromatic heterocycles. The molecular weight excluding hydrogens is 979 g/mol. The Bertz CT molecular complexity index is 2940. The highest BCUT2D eigenvalue weighted by Crippen LogP contribution is 2.33. The number of rotatable bonds is 17. The molecule has 0 spiro atoms. The lowest BCUT2D eigenvalue weighted by molar-refractivity contribution is -0.141. The maximum atomic E-state index is 13.6. The van der Waals surface area contributed by atoms with Crippen molar-refractivity contribution in [1.82, 2.24) is 15.1 Å². The number of benzene rings is 6. The minimum absolute atomic E-state index is 0. The van der Waals surface area contributed by atoms with E-state index in [0.29, 0.717) is 38.3 Å². The highest BCUT2D eigenvalue weighted by Gasteiger charge is 2.34. The van der Waals surface area contributed by atoms with Gasteiger partial charge in [-0.1, -0.05) is 48.5 Å². The molecule has 13 nitrogen and oxygen atoms in total. The number of hydrogen-bond donors (Lipinski definition) is 5. The fourth-order valence-electron chi connectivity index (χ4n) is 11.1. The number of aliphatic hydroxyl groups is 2. The zero-order valence-corrected chi connectivity index (χ0v) is 43.9. The van der Waals surface area contributed by atoms with E-state index in [1.807, 2.05) is 78.9 Å². The molecule has 6 aromatic rings. The third kappa shape index (κ3) is 14.6. The molecule has 1 amide bonds. The number of ether oxygens (including phenoxy) is 2. The molecule has 6 N–H and O–H groups in total. The molecule has 4 aliphatic heterocycles. The van der Waals surface area contributed by atoms with E-state index in [4.69, 9.17) is 20.3 Å². The summed E-state index contributed by atoms with van der Waals surface area (Å²) in [6.45, 7) is 8.30. The first-order chi connectivity index (χ1) is 37.4. The molecule has 15 heteroatoms. The Morgan fingerprint density at radius 1 is 0.558 bits per heavy atom. The zero-order chi connectivity index (χ0) is 53.4. The van der Waals surface area contributed by atoms with Gasteiger partial charge < -0.3 is 55.4 Å². The van der Waals surface area contributed by atoms with Crippen molar-refractivity contribution in [3.63, 3.8) is 0 Å². The van der Waals surface area contributed by atoms with Crippen molar-refractivity contribution in [2.75, 3.05) is 75.2 Å². The third-order valence-electron chi connectivity index (χ3n) is 15.9. The normalized spacial score (nSPS) is 21.2. The summed E-state index contributed by atoms with van der Waals surface area (Å²) in [4.78, 5) is 33.4. The summed E-state index contributed by atoms with van der Waals surface area (Å²) in [7, 11) is 0. The van der Waals surface area contributed by atoms with E-state index in [1.165, 1.54) is 31.0 Å². The number of carboxylic acids is 1. The Hall–Kier alpha value is -6.36. The van der Waals surface area contributed by atoms with Crippen LogP contribution in [-0.2, 0) is 9.59 Å². The first-order valence-electron chi connectivity index (χ1n) is 27.9. The van der Waals surface area contributed by atoms with E-state index < -0.39 is 18.2 Å². The quantitative estimate of drug-likeness (QED) is 0.0589. The van der Waals surface area contributed by atoms with Gasteiger partial charge in [0.15, 0.2) is 0 Å². The Morgan fingerprint density at radius 2 is 0.987 bits per heavy atom. The van der Waals surface area contributed by atoms with Crippen LogP contribution in [0.25, 0.3) is 21.5 Å². The predicted molar refractivity (Wildman–Crippen MR) is 300 cm³/mol. The number of carboxylic acid groups (broad SMARTS) is 1. The molecular formula is C62H76F2N6O7. The van der Waals surface area contributed by atoms with Gasteiger partial charge in [0.25, 0.3) is 0 Å². The first kappa shape index (κ1) is 54.0. The second-order valence-electron chi connectivity index (χ2n) is 22.0. The molecule has 12 rings (SSSR count). The van der Waals surface area contributed by atoms with Gasteiger partial charge in [-0.25, -0.2) is 8.78 Å². The number of anilines is 2. The van der Waals surface area contributed by atoms with Crippen LogP contribution in [0.4, 0.5) is 20.2 Å².